The van der Waals surface area contributed by atoms with Gasteiger partial charge in [0.05, 0.1) is 26.3 Å². The smallest absolute Gasteiger partial charge is 0.102 e. The molecule has 20 heavy (non-hydrogen) atoms. The third-order valence-electron chi connectivity index (χ3n) is 4.89. The second-order valence-electron chi connectivity index (χ2n) is 6.68. The van der Waals surface area contributed by atoms with Gasteiger partial charge in [-0.1, -0.05) is 52.4 Å². The average Bonchev–Trinajstić information content (AvgIpc) is 2.48. The molecule has 0 aromatic rings. The monoisotopic (exact) mass is 284 g/mol. The second-order valence-corrected chi connectivity index (χ2v) is 6.68. The van der Waals surface area contributed by atoms with E-state index in [0.717, 1.165) is 13.2 Å². The summed E-state index contributed by atoms with van der Waals surface area (Å²) in [4.78, 5) is 0. The molecule has 0 spiro atoms. The fourth-order valence-electron chi connectivity index (χ4n) is 3.39. The number of unbranched alkanes of at least 4 members (excludes halogenated alkanes) is 8. The number of hydrogen-bond donors (Lipinski definition) is 0. The molecule has 2 nitrogen and oxygen atoms in total. The molecule has 1 aliphatic rings. The maximum Gasteiger partial charge on any atom is 0.102 e. The summed E-state index contributed by atoms with van der Waals surface area (Å²) in [6.45, 7) is 11.9. The lowest BCUT2D eigenvalue weighted by atomic mass is 10.1. The molecule has 1 heterocycles. The highest BCUT2D eigenvalue weighted by molar-refractivity contribution is 4.54. The van der Waals surface area contributed by atoms with E-state index in [1.807, 2.05) is 0 Å². The molecule has 0 aromatic carbocycles. The van der Waals surface area contributed by atoms with Crippen molar-refractivity contribution in [3.05, 3.63) is 0 Å². The first-order valence-electron chi connectivity index (χ1n) is 9.26. The van der Waals surface area contributed by atoms with E-state index in [9.17, 15) is 0 Å². The van der Waals surface area contributed by atoms with Crippen molar-refractivity contribution in [2.75, 3.05) is 39.4 Å². The molecule has 0 atom stereocenters. The van der Waals surface area contributed by atoms with Gasteiger partial charge in [-0.3, -0.25) is 0 Å². The molecule has 0 radical (unpaired) electrons. The van der Waals surface area contributed by atoms with Crippen molar-refractivity contribution in [3.8, 4) is 0 Å². The summed E-state index contributed by atoms with van der Waals surface area (Å²) in [5.41, 5.74) is 0. The Morgan fingerprint density at radius 2 is 1.10 bits per heavy atom. The Kier molecular flexibility index (Phi) is 10.4. The minimum absolute atomic E-state index is 0.990. The standard InChI is InChI=1S/C18H38NO/c1-3-5-7-9-11-13-19(15-17-20-18-16-19)14-12-10-8-6-4-2/h3-18H2,1-2H3/q+1. The van der Waals surface area contributed by atoms with E-state index in [2.05, 4.69) is 13.8 Å². The van der Waals surface area contributed by atoms with Gasteiger partial charge in [-0.25, -0.2) is 0 Å². The molecular weight excluding hydrogens is 246 g/mol. The van der Waals surface area contributed by atoms with Crippen LogP contribution in [0.25, 0.3) is 0 Å². The maximum absolute atomic E-state index is 5.60. The van der Waals surface area contributed by atoms with Crippen molar-refractivity contribution in [3.63, 3.8) is 0 Å². The lowest BCUT2D eigenvalue weighted by molar-refractivity contribution is -0.935. The molecule has 0 bridgehead atoms. The van der Waals surface area contributed by atoms with Crippen molar-refractivity contribution in [2.24, 2.45) is 0 Å². The summed E-state index contributed by atoms with van der Waals surface area (Å²) < 4.78 is 6.96. The Hall–Kier alpha value is -0.0800. The molecule has 1 fully saturated rings. The molecule has 1 saturated heterocycles. The Morgan fingerprint density at radius 3 is 1.55 bits per heavy atom. The van der Waals surface area contributed by atoms with Gasteiger partial charge >= 0.3 is 0 Å². The molecule has 0 saturated carbocycles. The fourth-order valence-corrected chi connectivity index (χ4v) is 3.39. The second kappa shape index (κ2) is 11.6. The number of morpholine rings is 1. The molecule has 0 unspecified atom stereocenters. The van der Waals surface area contributed by atoms with E-state index in [0.29, 0.717) is 0 Å². The van der Waals surface area contributed by atoms with E-state index in [4.69, 9.17) is 4.74 Å². The molecule has 0 amide bonds. The first-order chi connectivity index (χ1) is 9.83. The van der Waals surface area contributed by atoms with Crippen LogP contribution in [0.4, 0.5) is 0 Å². The van der Waals surface area contributed by atoms with Crippen LogP contribution in [0.3, 0.4) is 0 Å². The van der Waals surface area contributed by atoms with Crippen molar-refractivity contribution >= 4 is 0 Å². The first kappa shape index (κ1) is 18.0. The Morgan fingerprint density at radius 1 is 0.650 bits per heavy atom. The lowest BCUT2D eigenvalue weighted by Gasteiger charge is -2.41. The van der Waals surface area contributed by atoms with Gasteiger partial charge < -0.3 is 9.22 Å². The Labute approximate surface area is 127 Å². The zero-order valence-electron chi connectivity index (χ0n) is 14.2. The van der Waals surface area contributed by atoms with Gasteiger partial charge in [-0.2, -0.15) is 0 Å². The number of hydrogen-bond acceptors (Lipinski definition) is 1. The van der Waals surface area contributed by atoms with E-state index in [-0.39, 0.29) is 0 Å². The molecule has 2 heteroatoms. The van der Waals surface area contributed by atoms with Gasteiger partial charge in [0.1, 0.15) is 13.1 Å². The van der Waals surface area contributed by atoms with Gasteiger partial charge in [0.25, 0.3) is 0 Å². The number of ether oxygens (including phenoxy) is 1. The van der Waals surface area contributed by atoms with E-state index < -0.39 is 0 Å². The van der Waals surface area contributed by atoms with Crippen LogP contribution in [-0.4, -0.2) is 43.9 Å². The predicted octanol–water partition coefficient (Wildman–Crippen LogP) is 4.77. The zero-order valence-corrected chi connectivity index (χ0v) is 14.2. The molecule has 0 aliphatic carbocycles. The zero-order chi connectivity index (χ0) is 14.5. The number of rotatable bonds is 12. The molecule has 1 rings (SSSR count). The normalized spacial score (nSPS) is 18.3. The van der Waals surface area contributed by atoms with Gasteiger partial charge in [-0.05, 0) is 25.7 Å². The van der Waals surface area contributed by atoms with Crippen LogP contribution in [0.1, 0.15) is 78.1 Å². The largest absolute Gasteiger partial charge is 0.370 e. The van der Waals surface area contributed by atoms with Gasteiger partial charge in [-0.15, -0.1) is 0 Å². The van der Waals surface area contributed by atoms with Crippen LogP contribution >= 0.6 is 0 Å². The lowest BCUT2D eigenvalue weighted by Crippen LogP contribution is -2.56. The van der Waals surface area contributed by atoms with Crippen molar-refractivity contribution < 1.29 is 9.22 Å². The molecule has 0 aromatic heterocycles. The third-order valence-corrected chi connectivity index (χ3v) is 4.89. The van der Waals surface area contributed by atoms with Crippen LogP contribution < -0.4 is 0 Å². The van der Waals surface area contributed by atoms with Gasteiger partial charge in [0, 0.05) is 0 Å². The first-order valence-corrected chi connectivity index (χ1v) is 9.26. The maximum atomic E-state index is 5.60. The summed E-state index contributed by atoms with van der Waals surface area (Å²) in [7, 11) is 0. The minimum atomic E-state index is 0.990. The van der Waals surface area contributed by atoms with Crippen LogP contribution in [0.5, 0.6) is 0 Å². The van der Waals surface area contributed by atoms with Crippen molar-refractivity contribution in [1.29, 1.82) is 0 Å². The molecule has 120 valence electrons. The molecule has 0 N–H and O–H groups in total. The average molecular weight is 285 g/mol. The quantitative estimate of drug-likeness (QED) is 0.370. The Balaban J connectivity index is 2.22. The molecular formula is C18H38NO+. The van der Waals surface area contributed by atoms with Gasteiger partial charge in [0.15, 0.2) is 0 Å². The highest BCUT2D eigenvalue weighted by Crippen LogP contribution is 2.17. The van der Waals surface area contributed by atoms with Gasteiger partial charge in [0.2, 0.25) is 0 Å². The highest BCUT2D eigenvalue weighted by atomic mass is 16.5. The summed E-state index contributed by atoms with van der Waals surface area (Å²) in [5, 5.41) is 0. The van der Waals surface area contributed by atoms with E-state index in [1.54, 1.807) is 0 Å². The summed E-state index contributed by atoms with van der Waals surface area (Å²) in [6.07, 6.45) is 14.1. The predicted molar refractivity (Wildman–Crippen MR) is 88.1 cm³/mol. The van der Waals surface area contributed by atoms with Crippen LogP contribution in [0.2, 0.25) is 0 Å². The highest BCUT2D eigenvalue weighted by Gasteiger charge is 2.29. The fraction of sp³-hybridized carbons (Fsp3) is 1.00. The van der Waals surface area contributed by atoms with Crippen LogP contribution in [0, 0.1) is 0 Å². The van der Waals surface area contributed by atoms with Crippen molar-refractivity contribution in [2.45, 2.75) is 78.1 Å². The third kappa shape index (κ3) is 7.64. The van der Waals surface area contributed by atoms with Crippen LogP contribution in [-0.2, 0) is 4.74 Å². The number of nitrogens with zero attached hydrogens (tertiary/aromatic N) is 1. The number of quaternary nitrogens is 1. The topological polar surface area (TPSA) is 9.23 Å². The van der Waals surface area contributed by atoms with Crippen molar-refractivity contribution in [1.82, 2.24) is 0 Å². The summed E-state index contributed by atoms with van der Waals surface area (Å²) in [5.74, 6) is 0. The van der Waals surface area contributed by atoms with E-state index in [1.165, 1.54) is 94.9 Å². The SMILES string of the molecule is CCCCCCC[N+]1(CCCCCCC)CCOCC1. The Bertz CT molecular complexity index is 195. The minimum Gasteiger partial charge on any atom is -0.370 e. The summed E-state index contributed by atoms with van der Waals surface area (Å²) >= 11 is 0. The van der Waals surface area contributed by atoms with Crippen LogP contribution in [0.15, 0.2) is 0 Å². The summed E-state index contributed by atoms with van der Waals surface area (Å²) in [6, 6.07) is 0. The molecule has 1 aliphatic heterocycles. The van der Waals surface area contributed by atoms with E-state index >= 15 is 0 Å².